The summed E-state index contributed by atoms with van der Waals surface area (Å²) >= 11 is 0. The summed E-state index contributed by atoms with van der Waals surface area (Å²) in [5.74, 6) is 0. The van der Waals surface area contributed by atoms with Crippen molar-refractivity contribution in [3.63, 3.8) is 0 Å². The molecule has 3 nitrogen and oxygen atoms in total. The highest BCUT2D eigenvalue weighted by atomic mass is 16.3. The monoisotopic (exact) mass is 212 g/mol. The topological polar surface area (TPSA) is 31.0 Å². The third-order valence-electron chi connectivity index (χ3n) is 2.76. The predicted molar refractivity (Wildman–Crippen MR) is 63.2 cm³/mol. The van der Waals surface area contributed by atoms with Crippen LogP contribution in [0.4, 0.5) is 0 Å². The Bertz CT molecular complexity index is 649. The van der Waals surface area contributed by atoms with E-state index in [2.05, 4.69) is 17.2 Å². The molecule has 0 radical (unpaired) electrons. The van der Waals surface area contributed by atoms with Crippen molar-refractivity contribution in [2.75, 3.05) is 0 Å². The van der Waals surface area contributed by atoms with Crippen LogP contribution in [0.1, 0.15) is 5.69 Å². The second-order valence-corrected chi connectivity index (χ2v) is 3.94. The molecule has 0 bridgehead atoms. The Morgan fingerprint density at radius 3 is 2.81 bits per heavy atom. The van der Waals surface area contributed by atoms with Crippen LogP contribution >= 0.6 is 0 Å². The molecule has 3 rings (SSSR count). The van der Waals surface area contributed by atoms with E-state index in [-0.39, 0.29) is 0 Å². The number of para-hydroxylation sites is 1. The lowest BCUT2D eigenvalue weighted by Crippen LogP contribution is -1.92. The van der Waals surface area contributed by atoms with Crippen molar-refractivity contribution in [3.8, 4) is 11.3 Å². The summed E-state index contributed by atoms with van der Waals surface area (Å²) in [6.45, 7) is 1.99. The van der Waals surface area contributed by atoms with Gasteiger partial charge in [0.1, 0.15) is 11.8 Å². The number of hydrogen-bond acceptors (Lipinski definition) is 2. The van der Waals surface area contributed by atoms with Gasteiger partial charge in [0.15, 0.2) is 0 Å². The lowest BCUT2D eigenvalue weighted by atomic mass is 10.1. The Balaban J connectivity index is 2.30. The molecular weight excluding hydrogens is 200 g/mol. The van der Waals surface area contributed by atoms with E-state index >= 15 is 0 Å². The van der Waals surface area contributed by atoms with Crippen molar-refractivity contribution in [2.45, 2.75) is 6.92 Å². The molecule has 1 aromatic carbocycles. The maximum Gasteiger partial charge on any atom is 0.134 e. The van der Waals surface area contributed by atoms with E-state index in [1.807, 2.05) is 36.9 Å². The van der Waals surface area contributed by atoms with E-state index in [1.165, 1.54) is 0 Å². The molecule has 3 heteroatoms. The number of aryl methyl sites for hydroxylation is 2. The van der Waals surface area contributed by atoms with Gasteiger partial charge in [-0.1, -0.05) is 18.2 Å². The SMILES string of the molecule is Cc1cc(-c2coc3ccccc23)n(C)n1. The Labute approximate surface area is 93.3 Å². The van der Waals surface area contributed by atoms with E-state index in [9.17, 15) is 0 Å². The van der Waals surface area contributed by atoms with E-state index in [1.54, 1.807) is 6.26 Å². The molecule has 0 fully saturated rings. The number of aromatic nitrogens is 2. The Morgan fingerprint density at radius 1 is 1.25 bits per heavy atom. The maximum atomic E-state index is 5.53. The quantitative estimate of drug-likeness (QED) is 0.620. The zero-order valence-corrected chi connectivity index (χ0v) is 9.27. The molecule has 0 saturated heterocycles. The smallest absolute Gasteiger partial charge is 0.134 e. The minimum atomic E-state index is 0.913. The Hall–Kier alpha value is -2.03. The van der Waals surface area contributed by atoms with Crippen LogP contribution in [0.25, 0.3) is 22.2 Å². The van der Waals surface area contributed by atoms with Gasteiger partial charge in [0.25, 0.3) is 0 Å². The number of furan rings is 1. The predicted octanol–water partition coefficient (Wildman–Crippen LogP) is 3.14. The number of rotatable bonds is 1. The van der Waals surface area contributed by atoms with Crippen LogP contribution in [0.3, 0.4) is 0 Å². The third kappa shape index (κ3) is 1.25. The molecule has 3 aromatic rings. The largest absolute Gasteiger partial charge is 0.464 e. The second kappa shape index (κ2) is 3.23. The first-order valence-corrected chi connectivity index (χ1v) is 5.23. The molecule has 0 aliphatic carbocycles. The average molecular weight is 212 g/mol. The molecule has 0 unspecified atom stereocenters. The fraction of sp³-hybridized carbons (Fsp3) is 0.154. The molecule has 16 heavy (non-hydrogen) atoms. The van der Waals surface area contributed by atoms with Crippen LogP contribution in [0.5, 0.6) is 0 Å². The number of benzene rings is 1. The van der Waals surface area contributed by atoms with Crippen molar-refractivity contribution < 1.29 is 4.42 Å². The highest BCUT2D eigenvalue weighted by Gasteiger charge is 2.11. The van der Waals surface area contributed by atoms with Crippen molar-refractivity contribution in [1.82, 2.24) is 9.78 Å². The molecule has 0 N–H and O–H groups in total. The van der Waals surface area contributed by atoms with Crippen LogP contribution in [-0.2, 0) is 7.05 Å². The number of hydrogen-bond donors (Lipinski definition) is 0. The van der Waals surface area contributed by atoms with E-state index in [0.29, 0.717) is 0 Å². The molecule has 0 amide bonds. The normalized spacial score (nSPS) is 11.1. The van der Waals surface area contributed by atoms with E-state index in [0.717, 1.165) is 27.9 Å². The fourth-order valence-electron chi connectivity index (χ4n) is 2.04. The third-order valence-corrected chi connectivity index (χ3v) is 2.76. The van der Waals surface area contributed by atoms with Gasteiger partial charge in [0.2, 0.25) is 0 Å². The summed E-state index contributed by atoms with van der Waals surface area (Å²) < 4.78 is 7.41. The van der Waals surface area contributed by atoms with Gasteiger partial charge in [-0.2, -0.15) is 5.10 Å². The van der Waals surface area contributed by atoms with Crippen LogP contribution in [0, 0.1) is 6.92 Å². The number of nitrogens with zero attached hydrogens (tertiary/aromatic N) is 2. The maximum absolute atomic E-state index is 5.53. The Morgan fingerprint density at radius 2 is 2.06 bits per heavy atom. The van der Waals surface area contributed by atoms with Gasteiger partial charge in [0, 0.05) is 18.0 Å². The fourth-order valence-corrected chi connectivity index (χ4v) is 2.04. The van der Waals surface area contributed by atoms with Gasteiger partial charge >= 0.3 is 0 Å². The molecule has 0 aliphatic heterocycles. The summed E-state index contributed by atoms with van der Waals surface area (Å²) in [4.78, 5) is 0. The molecule has 80 valence electrons. The van der Waals surface area contributed by atoms with Gasteiger partial charge in [-0.3, -0.25) is 4.68 Å². The van der Waals surface area contributed by atoms with Gasteiger partial charge < -0.3 is 4.42 Å². The Kier molecular flexibility index (Phi) is 1.86. The standard InChI is InChI=1S/C13H12N2O/c1-9-7-12(15(2)14-9)11-8-16-13-6-4-3-5-10(11)13/h3-8H,1-2H3. The molecule has 0 saturated carbocycles. The lowest BCUT2D eigenvalue weighted by Gasteiger charge is -1.97. The second-order valence-electron chi connectivity index (χ2n) is 3.94. The summed E-state index contributed by atoms with van der Waals surface area (Å²) in [5.41, 5.74) is 4.11. The van der Waals surface area contributed by atoms with Gasteiger partial charge in [-0.05, 0) is 19.1 Å². The first-order valence-electron chi connectivity index (χ1n) is 5.23. The molecule has 2 aromatic heterocycles. The molecular formula is C13H12N2O. The highest BCUT2D eigenvalue weighted by Crippen LogP contribution is 2.30. The van der Waals surface area contributed by atoms with Crippen molar-refractivity contribution in [1.29, 1.82) is 0 Å². The summed E-state index contributed by atoms with van der Waals surface area (Å²) in [7, 11) is 1.95. The van der Waals surface area contributed by atoms with Gasteiger partial charge in [0.05, 0.1) is 11.4 Å². The molecule has 2 heterocycles. The van der Waals surface area contributed by atoms with Crippen LogP contribution in [-0.4, -0.2) is 9.78 Å². The van der Waals surface area contributed by atoms with Gasteiger partial charge in [-0.25, -0.2) is 0 Å². The lowest BCUT2D eigenvalue weighted by molar-refractivity contribution is 0.616. The zero-order valence-electron chi connectivity index (χ0n) is 9.27. The first-order chi connectivity index (χ1) is 7.75. The highest BCUT2D eigenvalue weighted by molar-refractivity contribution is 5.92. The molecule has 0 atom stereocenters. The van der Waals surface area contributed by atoms with Crippen molar-refractivity contribution >= 4 is 11.0 Å². The minimum Gasteiger partial charge on any atom is -0.464 e. The van der Waals surface area contributed by atoms with E-state index in [4.69, 9.17) is 4.42 Å². The minimum absolute atomic E-state index is 0.913. The van der Waals surface area contributed by atoms with Crippen LogP contribution < -0.4 is 0 Å². The molecule has 0 aliphatic rings. The van der Waals surface area contributed by atoms with Gasteiger partial charge in [-0.15, -0.1) is 0 Å². The summed E-state index contributed by atoms with van der Waals surface area (Å²) in [5, 5.41) is 5.48. The zero-order chi connectivity index (χ0) is 11.1. The van der Waals surface area contributed by atoms with Crippen LogP contribution in [0.15, 0.2) is 41.0 Å². The summed E-state index contributed by atoms with van der Waals surface area (Å²) in [6.07, 6.45) is 1.79. The summed E-state index contributed by atoms with van der Waals surface area (Å²) in [6, 6.07) is 10.1. The molecule has 0 spiro atoms. The van der Waals surface area contributed by atoms with E-state index < -0.39 is 0 Å². The van der Waals surface area contributed by atoms with Crippen molar-refractivity contribution in [3.05, 3.63) is 42.3 Å². The number of fused-ring (bicyclic) bond motifs is 1. The first kappa shape index (κ1) is 9.21. The average Bonchev–Trinajstić information content (AvgIpc) is 2.81. The van der Waals surface area contributed by atoms with Crippen LogP contribution in [0.2, 0.25) is 0 Å². The van der Waals surface area contributed by atoms with Crippen molar-refractivity contribution in [2.24, 2.45) is 7.05 Å².